The molecule has 1 unspecified atom stereocenters. The van der Waals surface area contributed by atoms with Gasteiger partial charge in [-0.25, -0.2) is 0 Å². The second-order valence-corrected chi connectivity index (χ2v) is 4.65. The molecule has 0 amide bonds. The van der Waals surface area contributed by atoms with Crippen molar-refractivity contribution < 1.29 is 0 Å². The van der Waals surface area contributed by atoms with Gasteiger partial charge in [0.1, 0.15) is 0 Å². The van der Waals surface area contributed by atoms with Gasteiger partial charge in [-0.1, -0.05) is 19.8 Å². The molecule has 16 heavy (non-hydrogen) atoms. The van der Waals surface area contributed by atoms with Gasteiger partial charge >= 0.3 is 0 Å². The first-order valence-electron chi connectivity index (χ1n) is 6.41. The van der Waals surface area contributed by atoms with Crippen LogP contribution in [-0.4, -0.2) is 16.7 Å². The molecule has 1 atom stereocenters. The van der Waals surface area contributed by atoms with Crippen LogP contribution in [-0.2, 0) is 0 Å². The van der Waals surface area contributed by atoms with Gasteiger partial charge in [-0.05, 0) is 43.4 Å². The maximum atomic E-state index is 4.00. The minimum atomic E-state index is 0.484. The highest BCUT2D eigenvalue weighted by atomic mass is 15.1. The predicted octanol–water partition coefficient (Wildman–Crippen LogP) is 2.71. The summed E-state index contributed by atoms with van der Waals surface area (Å²) in [6.07, 6.45) is 10.4. The lowest BCUT2D eigenvalue weighted by molar-refractivity contribution is 0.367. The maximum absolute atomic E-state index is 4.00. The van der Waals surface area contributed by atoms with E-state index in [9.17, 15) is 0 Å². The quantitative estimate of drug-likeness (QED) is 0.827. The van der Waals surface area contributed by atoms with Crippen LogP contribution in [0.25, 0.3) is 0 Å². The first kappa shape index (κ1) is 11.5. The molecule has 1 aliphatic rings. The normalized spacial score (nSPS) is 18.8. The Morgan fingerprint density at radius 2 is 2.19 bits per heavy atom. The van der Waals surface area contributed by atoms with Gasteiger partial charge in [0, 0.05) is 12.2 Å². The van der Waals surface area contributed by atoms with Gasteiger partial charge in [-0.15, -0.1) is 0 Å². The van der Waals surface area contributed by atoms with Crippen molar-refractivity contribution in [3.63, 3.8) is 0 Å². The molecular formula is C13H21N3. The standard InChI is InChI=1S/C13H21N3/c1-2-8-14-13(11-5-3-4-6-11)12-7-9-15-16-10-12/h7,9-11,13-14H,2-6,8H2,1H3. The van der Waals surface area contributed by atoms with E-state index in [0.717, 1.165) is 12.5 Å². The topological polar surface area (TPSA) is 37.8 Å². The molecule has 0 radical (unpaired) electrons. The number of nitrogens with zero attached hydrogens (tertiary/aromatic N) is 2. The van der Waals surface area contributed by atoms with E-state index < -0.39 is 0 Å². The summed E-state index contributed by atoms with van der Waals surface area (Å²) in [6.45, 7) is 3.30. The Hall–Kier alpha value is -0.960. The molecule has 0 aliphatic heterocycles. The summed E-state index contributed by atoms with van der Waals surface area (Å²) in [5.74, 6) is 0.788. The minimum Gasteiger partial charge on any atom is -0.310 e. The van der Waals surface area contributed by atoms with Gasteiger partial charge in [-0.3, -0.25) is 0 Å². The molecule has 1 saturated carbocycles. The Bertz CT molecular complexity index is 293. The van der Waals surface area contributed by atoms with Crippen molar-refractivity contribution in [3.05, 3.63) is 24.0 Å². The monoisotopic (exact) mass is 219 g/mol. The fraction of sp³-hybridized carbons (Fsp3) is 0.692. The molecule has 2 rings (SSSR count). The van der Waals surface area contributed by atoms with E-state index in [1.165, 1.54) is 37.7 Å². The average Bonchev–Trinajstić information content (AvgIpc) is 2.85. The molecule has 1 heterocycles. The van der Waals surface area contributed by atoms with Crippen LogP contribution in [0.15, 0.2) is 18.5 Å². The van der Waals surface area contributed by atoms with Crippen molar-refractivity contribution >= 4 is 0 Å². The van der Waals surface area contributed by atoms with Crippen molar-refractivity contribution in [2.45, 2.75) is 45.1 Å². The second-order valence-electron chi connectivity index (χ2n) is 4.65. The lowest BCUT2D eigenvalue weighted by atomic mass is 9.93. The molecule has 0 bridgehead atoms. The van der Waals surface area contributed by atoms with E-state index in [1.807, 2.05) is 6.20 Å². The third kappa shape index (κ3) is 2.79. The zero-order chi connectivity index (χ0) is 11.2. The van der Waals surface area contributed by atoms with Crippen LogP contribution in [0.5, 0.6) is 0 Å². The minimum absolute atomic E-state index is 0.484. The molecule has 0 spiro atoms. The molecule has 1 aromatic rings. The lowest BCUT2D eigenvalue weighted by Gasteiger charge is -2.24. The fourth-order valence-electron chi connectivity index (χ4n) is 2.63. The Labute approximate surface area is 97.7 Å². The van der Waals surface area contributed by atoms with Crippen molar-refractivity contribution in [1.29, 1.82) is 0 Å². The SMILES string of the molecule is CCCNC(c1ccnnc1)C1CCCC1. The molecule has 88 valence electrons. The summed E-state index contributed by atoms with van der Waals surface area (Å²) < 4.78 is 0. The van der Waals surface area contributed by atoms with E-state index in [4.69, 9.17) is 0 Å². The number of nitrogens with one attached hydrogen (secondary N) is 1. The molecule has 3 nitrogen and oxygen atoms in total. The number of hydrogen-bond acceptors (Lipinski definition) is 3. The van der Waals surface area contributed by atoms with Crippen molar-refractivity contribution in [1.82, 2.24) is 15.5 Å². The fourth-order valence-corrected chi connectivity index (χ4v) is 2.63. The molecule has 3 heteroatoms. The molecule has 1 N–H and O–H groups in total. The van der Waals surface area contributed by atoms with E-state index in [-0.39, 0.29) is 0 Å². The molecule has 0 saturated heterocycles. The van der Waals surface area contributed by atoms with Crippen LogP contribution in [0, 0.1) is 5.92 Å². The van der Waals surface area contributed by atoms with Gasteiger partial charge in [-0.2, -0.15) is 10.2 Å². The molecule has 1 fully saturated rings. The van der Waals surface area contributed by atoms with Crippen LogP contribution >= 0.6 is 0 Å². The number of hydrogen-bond donors (Lipinski definition) is 1. The highest BCUT2D eigenvalue weighted by Crippen LogP contribution is 2.35. The first-order valence-corrected chi connectivity index (χ1v) is 6.41. The Morgan fingerprint density at radius 3 is 2.81 bits per heavy atom. The van der Waals surface area contributed by atoms with Gasteiger partial charge in [0.2, 0.25) is 0 Å². The molecular weight excluding hydrogens is 198 g/mol. The second kappa shape index (κ2) is 5.94. The zero-order valence-electron chi connectivity index (χ0n) is 10.0. The summed E-state index contributed by atoms with van der Waals surface area (Å²) in [5, 5.41) is 11.5. The summed E-state index contributed by atoms with van der Waals surface area (Å²) in [7, 11) is 0. The first-order chi connectivity index (χ1) is 7.92. The Balaban J connectivity index is 2.07. The summed E-state index contributed by atoms with van der Waals surface area (Å²) in [6, 6.07) is 2.58. The third-order valence-electron chi connectivity index (χ3n) is 3.45. The van der Waals surface area contributed by atoms with Crippen LogP contribution < -0.4 is 5.32 Å². The average molecular weight is 219 g/mol. The molecule has 1 aliphatic carbocycles. The summed E-state index contributed by atoms with van der Waals surface area (Å²) >= 11 is 0. The highest BCUT2D eigenvalue weighted by molar-refractivity contribution is 5.13. The van der Waals surface area contributed by atoms with Gasteiger partial charge < -0.3 is 5.32 Å². The van der Waals surface area contributed by atoms with Crippen molar-refractivity contribution in [3.8, 4) is 0 Å². The largest absolute Gasteiger partial charge is 0.310 e. The summed E-state index contributed by atoms with van der Waals surface area (Å²) in [4.78, 5) is 0. The summed E-state index contributed by atoms with van der Waals surface area (Å²) in [5.41, 5.74) is 1.30. The van der Waals surface area contributed by atoms with Crippen molar-refractivity contribution in [2.24, 2.45) is 5.92 Å². The Morgan fingerprint density at radius 1 is 1.38 bits per heavy atom. The molecule has 0 aromatic carbocycles. The maximum Gasteiger partial charge on any atom is 0.0544 e. The van der Waals surface area contributed by atoms with Crippen LogP contribution in [0.1, 0.15) is 50.6 Å². The molecule has 1 aromatic heterocycles. The number of aromatic nitrogens is 2. The van der Waals surface area contributed by atoms with Crippen molar-refractivity contribution in [2.75, 3.05) is 6.54 Å². The van der Waals surface area contributed by atoms with Gasteiger partial charge in [0.05, 0.1) is 6.20 Å². The number of rotatable bonds is 5. The van der Waals surface area contributed by atoms with E-state index >= 15 is 0 Å². The van der Waals surface area contributed by atoms with Crippen LogP contribution in [0.3, 0.4) is 0 Å². The zero-order valence-corrected chi connectivity index (χ0v) is 10.0. The predicted molar refractivity (Wildman–Crippen MR) is 65.0 cm³/mol. The Kier molecular flexibility index (Phi) is 4.28. The third-order valence-corrected chi connectivity index (χ3v) is 3.45. The van der Waals surface area contributed by atoms with Crippen LogP contribution in [0.2, 0.25) is 0 Å². The van der Waals surface area contributed by atoms with E-state index in [1.54, 1.807) is 6.20 Å². The van der Waals surface area contributed by atoms with Gasteiger partial charge in [0.15, 0.2) is 0 Å². The van der Waals surface area contributed by atoms with E-state index in [0.29, 0.717) is 6.04 Å². The van der Waals surface area contributed by atoms with E-state index in [2.05, 4.69) is 28.5 Å². The van der Waals surface area contributed by atoms with Gasteiger partial charge in [0.25, 0.3) is 0 Å². The lowest BCUT2D eigenvalue weighted by Crippen LogP contribution is -2.28. The smallest absolute Gasteiger partial charge is 0.0544 e. The van der Waals surface area contributed by atoms with Crippen LogP contribution in [0.4, 0.5) is 0 Å². The highest BCUT2D eigenvalue weighted by Gasteiger charge is 2.25.